The second-order valence-electron chi connectivity index (χ2n) is 8.52. The maximum atomic E-state index is 13.9. The van der Waals surface area contributed by atoms with Gasteiger partial charge in [0.05, 0.1) is 11.3 Å². The lowest BCUT2D eigenvalue weighted by atomic mass is 9.57. The van der Waals surface area contributed by atoms with Crippen LogP contribution in [0.5, 0.6) is 0 Å². The summed E-state index contributed by atoms with van der Waals surface area (Å²) in [5.74, 6) is -1.08. The Morgan fingerprint density at radius 1 is 1.26 bits per heavy atom. The molecular weight excluding hydrogens is 360 g/mol. The van der Waals surface area contributed by atoms with Gasteiger partial charge in [0.1, 0.15) is 0 Å². The van der Waals surface area contributed by atoms with Crippen LogP contribution < -0.4 is 4.90 Å². The summed E-state index contributed by atoms with van der Waals surface area (Å²) in [5.41, 5.74) is -0.499. The van der Waals surface area contributed by atoms with E-state index in [1.54, 1.807) is 24.1 Å². The zero-order chi connectivity index (χ0) is 19.9. The van der Waals surface area contributed by atoms with Crippen molar-refractivity contribution in [2.45, 2.75) is 32.2 Å². The Labute approximate surface area is 164 Å². The number of amides is 1. The quantitative estimate of drug-likeness (QED) is 0.568. The number of anilines is 1. The summed E-state index contributed by atoms with van der Waals surface area (Å²) in [5, 5.41) is 0.515. The van der Waals surface area contributed by atoms with E-state index in [0.717, 1.165) is 11.3 Å². The number of aliphatic imine (C=N–C) groups is 1. The zero-order valence-electron chi connectivity index (χ0n) is 16.0. The highest BCUT2D eigenvalue weighted by atomic mass is 35.5. The number of halogens is 1. The van der Waals surface area contributed by atoms with Crippen LogP contribution >= 0.6 is 11.6 Å². The average molecular weight is 383 g/mol. The molecule has 4 rings (SSSR count). The Morgan fingerprint density at radius 2 is 1.93 bits per heavy atom. The van der Waals surface area contributed by atoms with Gasteiger partial charge in [-0.1, -0.05) is 49.7 Å². The van der Waals surface area contributed by atoms with E-state index in [9.17, 15) is 9.59 Å². The number of carbonyl (C=O) groups is 2. The highest BCUT2D eigenvalue weighted by molar-refractivity contribution is 6.32. The maximum Gasteiger partial charge on any atom is 0.234 e. The van der Waals surface area contributed by atoms with Gasteiger partial charge in [-0.3, -0.25) is 14.6 Å². The predicted octanol–water partition coefficient (Wildman–Crippen LogP) is 4.20. The Morgan fingerprint density at radius 3 is 2.52 bits per heavy atom. The lowest BCUT2D eigenvalue weighted by Crippen LogP contribution is -2.54. The van der Waals surface area contributed by atoms with Gasteiger partial charge in [0.2, 0.25) is 5.91 Å². The van der Waals surface area contributed by atoms with Crippen LogP contribution in [0.1, 0.15) is 37.8 Å². The SMILES string of the molecule is C=CC1(C)C(Cl)=CC2C(=O)C1(N=C)c1cccc3c1C(C(=O)N3C)C2(C)C. The number of hydrogen-bond donors (Lipinski definition) is 0. The molecule has 4 nitrogen and oxygen atoms in total. The van der Waals surface area contributed by atoms with Gasteiger partial charge >= 0.3 is 0 Å². The Bertz CT molecular complexity index is 963. The molecular formula is C22H23ClN2O2. The fraction of sp³-hybridized carbons (Fsp3) is 0.409. The van der Waals surface area contributed by atoms with E-state index in [1.807, 2.05) is 39.0 Å². The first kappa shape index (κ1) is 18.2. The van der Waals surface area contributed by atoms with E-state index in [2.05, 4.69) is 18.3 Å². The van der Waals surface area contributed by atoms with Crippen LogP contribution in [-0.2, 0) is 15.1 Å². The molecule has 0 radical (unpaired) electrons. The van der Waals surface area contributed by atoms with Crippen LogP contribution in [0, 0.1) is 16.7 Å². The molecule has 4 atom stereocenters. The molecule has 0 saturated carbocycles. The van der Waals surface area contributed by atoms with Crippen molar-refractivity contribution in [3.05, 3.63) is 53.1 Å². The normalized spacial score (nSPS) is 36.0. The molecule has 2 aliphatic carbocycles. The standard InChI is InChI=1S/C22H23ClN2O2/c1-7-21(4)15(23)11-13-18(26)22(21,24-5)12-9-8-10-14-16(12)17(20(13,2)3)19(27)25(14)6/h7-11,13,17H,1,5H2,2-4,6H3. The van der Waals surface area contributed by atoms with Gasteiger partial charge in [0.25, 0.3) is 0 Å². The molecule has 1 aromatic rings. The van der Waals surface area contributed by atoms with Gasteiger partial charge in [0, 0.05) is 23.7 Å². The summed E-state index contributed by atoms with van der Waals surface area (Å²) in [6, 6.07) is 5.67. The first-order valence-electron chi connectivity index (χ1n) is 9.04. The smallest absolute Gasteiger partial charge is 0.234 e. The maximum absolute atomic E-state index is 13.9. The Hall–Kier alpha value is -2.20. The third-order valence-electron chi connectivity index (χ3n) is 7.09. The number of nitrogens with zero attached hydrogens (tertiary/aromatic N) is 2. The highest BCUT2D eigenvalue weighted by Crippen LogP contribution is 2.65. The van der Waals surface area contributed by atoms with Crippen molar-refractivity contribution in [2.24, 2.45) is 21.7 Å². The predicted molar refractivity (Wildman–Crippen MR) is 108 cm³/mol. The topological polar surface area (TPSA) is 49.7 Å². The largest absolute Gasteiger partial charge is 0.315 e. The minimum absolute atomic E-state index is 0.00755. The monoisotopic (exact) mass is 382 g/mol. The zero-order valence-corrected chi connectivity index (χ0v) is 16.8. The summed E-state index contributed by atoms with van der Waals surface area (Å²) in [6.45, 7) is 13.6. The minimum atomic E-state index is -1.31. The molecule has 0 aromatic heterocycles. The van der Waals surface area contributed by atoms with E-state index >= 15 is 0 Å². The van der Waals surface area contributed by atoms with Gasteiger partial charge in [0.15, 0.2) is 11.3 Å². The lowest BCUT2D eigenvalue weighted by Gasteiger charge is -2.48. The van der Waals surface area contributed by atoms with Crippen molar-refractivity contribution < 1.29 is 9.59 Å². The fourth-order valence-corrected chi connectivity index (χ4v) is 5.70. The van der Waals surface area contributed by atoms with Gasteiger partial charge < -0.3 is 4.90 Å². The van der Waals surface area contributed by atoms with Crippen LogP contribution in [0.25, 0.3) is 0 Å². The molecule has 5 heteroatoms. The molecule has 3 aliphatic rings. The van der Waals surface area contributed by atoms with E-state index < -0.39 is 28.2 Å². The molecule has 0 fully saturated rings. The molecule has 0 N–H and O–H groups in total. The number of ketones is 1. The molecule has 4 unspecified atom stereocenters. The van der Waals surface area contributed by atoms with E-state index in [-0.39, 0.29) is 11.7 Å². The summed E-state index contributed by atoms with van der Waals surface area (Å²) < 4.78 is 0. The number of Topliss-reactive ketones (excluding diaryl/α,β-unsaturated/α-hetero) is 1. The van der Waals surface area contributed by atoms with Gasteiger partial charge in [-0.05, 0) is 36.2 Å². The molecule has 140 valence electrons. The van der Waals surface area contributed by atoms with Crippen LogP contribution in [0.4, 0.5) is 5.69 Å². The second kappa shape index (κ2) is 5.20. The Kier molecular flexibility index (Phi) is 3.50. The van der Waals surface area contributed by atoms with Crippen LogP contribution in [0.3, 0.4) is 0 Å². The molecule has 1 aromatic carbocycles. The van der Waals surface area contributed by atoms with Crippen LogP contribution in [0.2, 0.25) is 0 Å². The summed E-state index contributed by atoms with van der Waals surface area (Å²) >= 11 is 6.75. The molecule has 1 amide bonds. The summed E-state index contributed by atoms with van der Waals surface area (Å²) in [6.07, 6.45) is 3.48. The van der Waals surface area contributed by atoms with Crippen molar-refractivity contribution in [1.29, 1.82) is 0 Å². The van der Waals surface area contributed by atoms with E-state index in [0.29, 0.717) is 10.6 Å². The van der Waals surface area contributed by atoms with Gasteiger partial charge in [-0.2, -0.15) is 0 Å². The summed E-state index contributed by atoms with van der Waals surface area (Å²) in [7, 11) is 1.78. The molecule has 0 saturated heterocycles. The number of likely N-dealkylation sites (N-methyl/N-ethyl adjacent to an activating group) is 1. The van der Waals surface area contributed by atoms with Crippen molar-refractivity contribution in [1.82, 2.24) is 0 Å². The number of rotatable bonds is 2. The van der Waals surface area contributed by atoms with E-state index in [1.165, 1.54) is 0 Å². The first-order chi connectivity index (χ1) is 12.6. The van der Waals surface area contributed by atoms with Crippen molar-refractivity contribution in [2.75, 3.05) is 11.9 Å². The molecule has 2 bridgehead atoms. The Balaban J connectivity index is 2.25. The van der Waals surface area contributed by atoms with Crippen molar-refractivity contribution in [3.63, 3.8) is 0 Å². The molecule has 27 heavy (non-hydrogen) atoms. The number of allylic oxidation sites excluding steroid dienone is 1. The summed E-state index contributed by atoms with van der Waals surface area (Å²) in [4.78, 5) is 33.3. The number of benzene rings is 1. The third-order valence-corrected chi connectivity index (χ3v) is 7.61. The van der Waals surface area contributed by atoms with Crippen LogP contribution in [0.15, 0.2) is 47.0 Å². The second-order valence-corrected chi connectivity index (χ2v) is 8.93. The van der Waals surface area contributed by atoms with Crippen molar-refractivity contribution in [3.8, 4) is 0 Å². The molecule has 0 spiro atoms. The van der Waals surface area contributed by atoms with Gasteiger partial charge in [-0.15, -0.1) is 6.58 Å². The molecule has 1 aliphatic heterocycles. The number of carbonyl (C=O) groups excluding carboxylic acids is 2. The lowest BCUT2D eigenvalue weighted by molar-refractivity contribution is -0.134. The third kappa shape index (κ3) is 1.73. The number of hydrogen-bond acceptors (Lipinski definition) is 3. The highest BCUT2D eigenvalue weighted by Gasteiger charge is 2.67. The fourth-order valence-electron chi connectivity index (χ4n) is 5.36. The van der Waals surface area contributed by atoms with Gasteiger partial charge in [-0.25, -0.2) is 0 Å². The van der Waals surface area contributed by atoms with Crippen molar-refractivity contribution >= 4 is 35.7 Å². The average Bonchev–Trinajstić information content (AvgIpc) is 2.88. The minimum Gasteiger partial charge on any atom is -0.315 e. The number of fused-ring (bicyclic) bond motifs is 3. The molecule has 1 heterocycles. The van der Waals surface area contributed by atoms with E-state index in [4.69, 9.17) is 11.6 Å². The first-order valence-corrected chi connectivity index (χ1v) is 9.42. The van der Waals surface area contributed by atoms with Crippen LogP contribution in [-0.4, -0.2) is 25.5 Å².